The third kappa shape index (κ3) is 2.99. The molecular weight excluding hydrogens is 534 g/mol. The number of rotatable bonds is 1. The van der Waals surface area contributed by atoms with E-state index in [1.165, 1.54) is 12.1 Å². The number of alkyl halides is 2. The van der Waals surface area contributed by atoms with Crippen molar-refractivity contribution in [3.05, 3.63) is 131 Å². The number of hydrogen-bond donors (Lipinski definition) is 0. The van der Waals surface area contributed by atoms with Crippen molar-refractivity contribution in [2.24, 2.45) is 0 Å². The fourth-order valence-electron chi connectivity index (χ4n) is 6.56. The van der Waals surface area contributed by atoms with Gasteiger partial charge in [0, 0.05) is 26.9 Å². The summed E-state index contributed by atoms with van der Waals surface area (Å²) in [5.41, 5.74) is 6.28. The topological polar surface area (TPSA) is 17.3 Å². The fraction of sp³-hybridized carbons (Fsp3) is 0.0278. The van der Waals surface area contributed by atoms with Crippen molar-refractivity contribution in [2.45, 2.75) is 5.92 Å². The Morgan fingerprint density at radius 3 is 2.37 bits per heavy atom. The van der Waals surface area contributed by atoms with Crippen molar-refractivity contribution in [3.8, 4) is 22.3 Å². The van der Waals surface area contributed by atoms with Gasteiger partial charge in [0.2, 0.25) is 0 Å². The van der Waals surface area contributed by atoms with Gasteiger partial charge in [-0.25, -0.2) is 4.98 Å². The third-order valence-electron chi connectivity index (χ3n) is 8.41. The lowest BCUT2D eigenvalue weighted by Crippen LogP contribution is -2.10. The molecule has 6 aromatic carbocycles. The molecule has 8 aromatic rings. The average Bonchev–Trinajstić information content (AvgIpc) is 3.49. The molecule has 2 nitrogen and oxygen atoms in total. The Morgan fingerprint density at radius 2 is 1.46 bits per heavy atom. The van der Waals surface area contributed by atoms with Crippen LogP contribution in [0.4, 0.5) is 8.78 Å². The first-order valence-corrected chi connectivity index (χ1v) is 13.7. The molecule has 0 fully saturated rings. The lowest BCUT2D eigenvalue weighted by atomic mass is 9.95. The molecule has 2 aromatic heterocycles. The highest BCUT2D eigenvalue weighted by Gasteiger charge is 2.44. The van der Waals surface area contributed by atoms with Crippen molar-refractivity contribution < 1.29 is 8.78 Å². The van der Waals surface area contributed by atoms with Crippen LogP contribution in [0.2, 0.25) is 5.02 Å². The van der Waals surface area contributed by atoms with Gasteiger partial charge in [-0.2, -0.15) is 8.78 Å². The average molecular weight is 551 g/mol. The zero-order valence-corrected chi connectivity index (χ0v) is 22.1. The molecule has 192 valence electrons. The molecule has 0 aliphatic heterocycles. The molecule has 0 saturated carbocycles. The summed E-state index contributed by atoms with van der Waals surface area (Å²) in [5.74, 6) is -3.06. The van der Waals surface area contributed by atoms with E-state index in [9.17, 15) is 0 Å². The molecule has 0 unspecified atom stereocenters. The fourth-order valence-corrected chi connectivity index (χ4v) is 6.73. The van der Waals surface area contributed by atoms with E-state index in [1.807, 2.05) is 24.3 Å². The molecule has 1 aliphatic carbocycles. The highest BCUT2D eigenvalue weighted by Crippen LogP contribution is 2.52. The van der Waals surface area contributed by atoms with Crippen LogP contribution in [-0.4, -0.2) is 9.38 Å². The van der Waals surface area contributed by atoms with Crippen LogP contribution in [0, 0.1) is 12.1 Å². The Balaban J connectivity index is 1.37. The van der Waals surface area contributed by atoms with E-state index in [0.717, 1.165) is 60.3 Å². The zero-order valence-electron chi connectivity index (χ0n) is 21.3. The van der Waals surface area contributed by atoms with Gasteiger partial charge in [-0.05, 0) is 80.9 Å². The molecule has 0 saturated heterocycles. The van der Waals surface area contributed by atoms with E-state index >= 15 is 8.78 Å². The van der Waals surface area contributed by atoms with Crippen LogP contribution >= 0.6 is 11.6 Å². The van der Waals surface area contributed by atoms with Gasteiger partial charge in [0.1, 0.15) is 11.2 Å². The standard InChI is InChI=1S/C36H17ClF2N2/c37-23-12-16-30-28(19-23)27-17-21(11-15-29(27)36(30,38)39)22-10-13-25-26-14-9-20-5-1-2-6-24(20)34(26)35-40-31-7-3-4-8-32(31)41(35)33(25)18-22/h1-2,4-6,8-19H. The first kappa shape index (κ1) is 22.8. The number of benzene rings is 5. The van der Waals surface area contributed by atoms with Gasteiger partial charge in [0.15, 0.2) is 0 Å². The molecule has 0 atom stereocenters. The summed E-state index contributed by atoms with van der Waals surface area (Å²) in [4.78, 5) is 5.02. The molecule has 1 aliphatic rings. The second kappa shape index (κ2) is 7.81. The number of pyridine rings is 1. The van der Waals surface area contributed by atoms with E-state index in [-0.39, 0.29) is 11.1 Å². The Kier molecular flexibility index (Phi) is 4.34. The quantitative estimate of drug-likeness (QED) is 0.186. The first-order valence-electron chi connectivity index (χ1n) is 13.3. The normalized spacial score (nSPS) is 13.7. The van der Waals surface area contributed by atoms with Gasteiger partial charge in [-0.1, -0.05) is 84.4 Å². The summed E-state index contributed by atoms with van der Waals surface area (Å²) in [6.07, 6.45) is 0. The van der Waals surface area contributed by atoms with Gasteiger partial charge in [0.05, 0.1) is 11.0 Å². The van der Waals surface area contributed by atoms with Crippen molar-refractivity contribution in [3.63, 3.8) is 0 Å². The van der Waals surface area contributed by atoms with Crippen LogP contribution < -0.4 is 0 Å². The highest BCUT2D eigenvalue weighted by atomic mass is 35.5. The number of halogens is 3. The lowest BCUT2D eigenvalue weighted by Gasteiger charge is -2.14. The van der Waals surface area contributed by atoms with Gasteiger partial charge in [-0.3, -0.25) is 4.40 Å². The molecule has 0 spiro atoms. The van der Waals surface area contributed by atoms with Gasteiger partial charge in [-0.15, -0.1) is 0 Å². The Morgan fingerprint density at radius 1 is 0.707 bits per heavy atom. The molecule has 0 N–H and O–H groups in total. The third-order valence-corrected chi connectivity index (χ3v) is 8.65. The van der Waals surface area contributed by atoms with E-state index in [0.29, 0.717) is 16.1 Å². The van der Waals surface area contributed by atoms with Crippen LogP contribution in [-0.2, 0) is 5.92 Å². The number of nitrogens with zero attached hydrogens (tertiary/aromatic N) is 2. The largest absolute Gasteiger partial charge is 0.299 e. The summed E-state index contributed by atoms with van der Waals surface area (Å²) in [7, 11) is 0. The van der Waals surface area contributed by atoms with Crippen molar-refractivity contribution in [2.75, 3.05) is 0 Å². The summed E-state index contributed by atoms with van der Waals surface area (Å²) in [6, 6.07) is 38.8. The van der Waals surface area contributed by atoms with Crippen molar-refractivity contribution >= 4 is 60.7 Å². The second-order valence-corrected chi connectivity index (χ2v) is 11.0. The summed E-state index contributed by atoms with van der Waals surface area (Å²) >= 11 is 6.22. The van der Waals surface area contributed by atoms with Crippen molar-refractivity contribution in [1.29, 1.82) is 0 Å². The van der Waals surface area contributed by atoms with Crippen LogP contribution in [0.15, 0.2) is 103 Å². The zero-order chi connectivity index (χ0) is 27.5. The van der Waals surface area contributed by atoms with E-state index in [4.69, 9.17) is 16.6 Å². The molecule has 9 rings (SSSR count). The van der Waals surface area contributed by atoms with Crippen LogP contribution in [0.1, 0.15) is 11.1 Å². The summed E-state index contributed by atoms with van der Waals surface area (Å²) in [5, 5.41) is 5.99. The van der Waals surface area contributed by atoms with Gasteiger partial charge >= 0.3 is 0 Å². The smallest absolute Gasteiger partial charge is 0.291 e. The van der Waals surface area contributed by atoms with Crippen LogP contribution in [0.3, 0.4) is 0 Å². The molecular formula is C36H17ClF2N2. The van der Waals surface area contributed by atoms with Gasteiger partial charge < -0.3 is 0 Å². The Hall–Kier alpha value is -4.98. The molecule has 41 heavy (non-hydrogen) atoms. The van der Waals surface area contributed by atoms with Crippen molar-refractivity contribution in [1.82, 2.24) is 9.38 Å². The highest BCUT2D eigenvalue weighted by molar-refractivity contribution is 6.31. The number of fused-ring (bicyclic) bond motifs is 13. The lowest BCUT2D eigenvalue weighted by molar-refractivity contribution is 0.0480. The van der Waals surface area contributed by atoms with Crippen LogP contribution in [0.5, 0.6) is 0 Å². The van der Waals surface area contributed by atoms with E-state index in [1.54, 1.807) is 18.2 Å². The maximum absolute atomic E-state index is 15.3. The minimum atomic E-state index is -3.06. The predicted molar refractivity (Wildman–Crippen MR) is 162 cm³/mol. The van der Waals surface area contributed by atoms with Gasteiger partial charge in [0.25, 0.3) is 5.92 Å². The summed E-state index contributed by atoms with van der Waals surface area (Å²) < 4.78 is 32.8. The molecule has 2 heterocycles. The maximum Gasteiger partial charge on any atom is 0.299 e. The minimum absolute atomic E-state index is 0.00644. The molecule has 0 radical (unpaired) electrons. The predicted octanol–water partition coefficient (Wildman–Crippen LogP) is 9.99. The van der Waals surface area contributed by atoms with E-state index < -0.39 is 5.92 Å². The van der Waals surface area contributed by atoms with Crippen LogP contribution in [0.25, 0.3) is 71.4 Å². The number of imidazole rings is 1. The molecule has 5 heteroatoms. The Labute approximate surface area is 238 Å². The molecule has 0 amide bonds. The second-order valence-electron chi connectivity index (χ2n) is 10.6. The monoisotopic (exact) mass is 550 g/mol. The van der Waals surface area contributed by atoms with E-state index in [2.05, 4.69) is 65.1 Å². The minimum Gasteiger partial charge on any atom is -0.291 e. The number of hydrogen-bond acceptors (Lipinski definition) is 1. The first-order chi connectivity index (χ1) is 20.0. The Bertz CT molecular complexity index is 2420. The number of aromatic nitrogens is 2. The summed E-state index contributed by atoms with van der Waals surface area (Å²) in [6.45, 7) is 0. The molecule has 0 bridgehead atoms. The SMILES string of the molecule is FC1(F)c2ccc(Cl)cc2-c2cc(-c3ccc4c5ccc6ccccc6c5c5nc6c#cccc6n5c4c3)ccc21. The maximum atomic E-state index is 15.3.